The quantitative estimate of drug-likeness (QED) is 0.537. The van der Waals surface area contributed by atoms with Gasteiger partial charge in [-0.2, -0.15) is 0 Å². The summed E-state index contributed by atoms with van der Waals surface area (Å²) in [6.45, 7) is 16.4. The summed E-state index contributed by atoms with van der Waals surface area (Å²) in [7, 11) is 4.18. The first kappa shape index (κ1) is 26.9. The van der Waals surface area contributed by atoms with E-state index in [0.29, 0.717) is 30.6 Å². The van der Waals surface area contributed by atoms with Crippen molar-refractivity contribution in [2.24, 2.45) is 44.9 Å². The number of Topliss-reactive ketones (excluding diaryl/α,β-unsaturated/α-hetero) is 1. The van der Waals surface area contributed by atoms with Crippen molar-refractivity contribution in [3.8, 4) is 0 Å². The van der Waals surface area contributed by atoms with Gasteiger partial charge in [0, 0.05) is 29.7 Å². The van der Waals surface area contributed by atoms with Gasteiger partial charge in [-0.1, -0.05) is 54.0 Å². The highest BCUT2D eigenvalue weighted by atomic mass is 16.5. The zero-order valence-electron chi connectivity index (χ0n) is 23.7. The van der Waals surface area contributed by atoms with E-state index in [0.717, 1.165) is 43.6 Å². The molecule has 0 aromatic rings. The topological polar surface area (TPSA) is 62.1 Å². The summed E-state index contributed by atoms with van der Waals surface area (Å²) >= 11 is 0. The van der Waals surface area contributed by atoms with Gasteiger partial charge >= 0.3 is 0 Å². The number of hydrogen-bond acceptors (Lipinski definition) is 5. The number of carbonyl (C=O) groups excluding carboxylic acids is 1. The van der Waals surface area contributed by atoms with Gasteiger partial charge in [0.05, 0.1) is 18.8 Å². The van der Waals surface area contributed by atoms with Gasteiger partial charge in [-0.15, -0.1) is 0 Å². The summed E-state index contributed by atoms with van der Waals surface area (Å²) in [5.74, 6) is 2.13. The fourth-order valence-electron chi connectivity index (χ4n) is 8.46. The summed E-state index contributed by atoms with van der Waals surface area (Å²) in [5, 5.41) is 11.3. The predicted molar refractivity (Wildman–Crippen MR) is 142 cm³/mol. The average Bonchev–Trinajstić information content (AvgIpc) is 2.99. The Morgan fingerprint density at radius 2 is 1.86 bits per heavy atom. The molecule has 35 heavy (non-hydrogen) atoms. The van der Waals surface area contributed by atoms with Crippen LogP contribution in [-0.2, 0) is 9.53 Å². The van der Waals surface area contributed by atoms with Crippen molar-refractivity contribution in [2.75, 3.05) is 20.7 Å². The van der Waals surface area contributed by atoms with Crippen molar-refractivity contribution in [1.29, 1.82) is 0 Å². The minimum absolute atomic E-state index is 0.0676. The summed E-state index contributed by atoms with van der Waals surface area (Å²) in [6, 6.07) is 0.461. The number of hydrogen-bond donors (Lipinski definition) is 1. The first-order valence-corrected chi connectivity index (χ1v) is 14.1. The number of aliphatic imine (C=N–C) groups is 1. The molecule has 3 aliphatic carbocycles. The Hall–Kier alpha value is -1.20. The molecule has 4 aliphatic rings. The lowest BCUT2D eigenvalue weighted by molar-refractivity contribution is -0.130. The molecule has 0 saturated heterocycles. The molecule has 5 heteroatoms. The monoisotopic (exact) mass is 486 g/mol. The molecule has 0 bridgehead atoms. The van der Waals surface area contributed by atoms with Gasteiger partial charge in [-0.05, 0) is 74.9 Å². The number of carbonyl (C=O) groups is 1. The zero-order valence-corrected chi connectivity index (χ0v) is 23.7. The van der Waals surface area contributed by atoms with E-state index in [4.69, 9.17) is 9.73 Å². The average molecular weight is 487 g/mol. The van der Waals surface area contributed by atoms with Crippen LogP contribution in [0.15, 0.2) is 16.6 Å². The smallest absolute Gasteiger partial charge is 0.186 e. The van der Waals surface area contributed by atoms with Gasteiger partial charge in [0.1, 0.15) is 0 Å². The molecule has 9 atom stereocenters. The van der Waals surface area contributed by atoms with E-state index >= 15 is 0 Å². The first-order chi connectivity index (χ1) is 16.3. The maximum absolute atomic E-state index is 13.8. The molecule has 4 unspecified atom stereocenters. The van der Waals surface area contributed by atoms with Gasteiger partial charge < -0.3 is 14.7 Å². The first-order valence-electron chi connectivity index (χ1n) is 14.1. The van der Waals surface area contributed by atoms with Crippen LogP contribution in [0.5, 0.6) is 0 Å². The number of nitrogens with zero attached hydrogens (tertiary/aromatic N) is 2. The van der Waals surface area contributed by atoms with Crippen molar-refractivity contribution >= 4 is 11.7 Å². The molecule has 1 aliphatic heterocycles. The van der Waals surface area contributed by atoms with Crippen LogP contribution in [-0.4, -0.2) is 60.6 Å². The molecule has 5 nitrogen and oxygen atoms in total. The van der Waals surface area contributed by atoms with E-state index in [1.54, 1.807) is 0 Å². The number of allylic oxidation sites excluding steroid dienone is 2. The van der Waals surface area contributed by atoms with Crippen molar-refractivity contribution in [2.45, 2.75) is 105 Å². The second-order valence-electron chi connectivity index (χ2n) is 13.5. The Labute approximate surface area is 213 Å². The highest BCUT2D eigenvalue weighted by molar-refractivity contribution is 5.98. The van der Waals surface area contributed by atoms with Gasteiger partial charge in [0.15, 0.2) is 11.7 Å². The van der Waals surface area contributed by atoms with Crippen LogP contribution in [0.25, 0.3) is 0 Å². The van der Waals surface area contributed by atoms with E-state index < -0.39 is 0 Å². The van der Waals surface area contributed by atoms with Gasteiger partial charge in [-0.3, -0.25) is 9.79 Å². The second kappa shape index (κ2) is 9.28. The fourth-order valence-corrected chi connectivity index (χ4v) is 8.46. The number of aliphatic hydroxyl groups excluding tert-OH is 1. The Kier molecular flexibility index (Phi) is 7.12. The molecule has 2 saturated carbocycles. The number of ketones is 1. The third-order valence-corrected chi connectivity index (χ3v) is 11.0. The van der Waals surface area contributed by atoms with E-state index in [2.05, 4.69) is 73.5 Å². The van der Waals surface area contributed by atoms with Crippen LogP contribution in [0, 0.1) is 39.9 Å². The maximum atomic E-state index is 13.8. The summed E-state index contributed by atoms with van der Waals surface area (Å²) < 4.78 is 6.23. The molecule has 1 N–H and O–H groups in total. The third-order valence-electron chi connectivity index (χ3n) is 11.0. The SMILES string of the molecule is CCCC1N=C(C(C)C)OC[C@@]1(C)[C@H]1C=C2C(=O)CC3(C)C([C@H](C)N(C)C)[C@H](O)C[C@@]3(C)C2CC1. The molecule has 198 valence electrons. The number of rotatable bonds is 6. The third kappa shape index (κ3) is 4.04. The van der Waals surface area contributed by atoms with Crippen LogP contribution in [0.4, 0.5) is 0 Å². The summed E-state index contributed by atoms with van der Waals surface area (Å²) in [6.07, 6.45) is 7.53. The van der Waals surface area contributed by atoms with Gasteiger partial charge in [-0.25, -0.2) is 0 Å². The largest absolute Gasteiger partial charge is 0.480 e. The molecule has 0 spiro atoms. The lowest BCUT2D eigenvalue weighted by Crippen LogP contribution is -2.55. The van der Waals surface area contributed by atoms with E-state index in [1.165, 1.54) is 0 Å². The van der Waals surface area contributed by atoms with Gasteiger partial charge in [0.25, 0.3) is 0 Å². The highest BCUT2D eigenvalue weighted by Crippen LogP contribution is 2.68. The second-order valence-corrected chi connectivity index (χ2v) is 13.5. The Morgan fingerprint density at radius 1 is 1.17 bits per heavy atom. The summed E-state index contributed by atoms with van der Waals surface area (Å²) in [4.78, 5) is 21.1. The molecule has 0 aromatic carbocycles. The van der Waals surface area contributed by atoms with Crippen LogP contribution >= 0.6 is 0 Å². The van der Waals surface area contributed by atoms with Crippen molar-refractivity contribution in [1.82, 2.24) is 4.90 Å². The Morgan fingerprint density at radius 3 is 2.46 bits per heavy atom. The van der Waals surface area contributed by atoms with Crippen LogP contribution in [0.2, 0.25) is 0 Å². The molecule has 0 aromatic heterocycles. The summed E-state index contributed by atoms with van der Waals surface area (Å²) in [5.41, 5.74) is 0.690. The number of fused-ring (bicyclic) bond motifs is 3. The lowest BCUT2D eigenvalue weighted by atomic mass is 9.48. The standard InChI is InChI=1S/C30H50N2O3/c1-10-11-25-28(5,17-35-27(31-25)18(2)3)20-12-13-22-21(14-20)23(33)15-30(7)26(19(4)32(8)9)24(34)16-29(22,30)6/h14,18-20,22,24-26,34H,10-13,15-17H2,1-9H3/t19-,20+,22?,24+,25?,26?,28-,29-,30?/m0/s1. The normalized spacial score (nSPS) is 44.5. The maximum Gasteiger partial charge on any atom is 0.186 e. The van der Waals surface area contributed by atoms with Gasteiger partial charge in [0.2, 0.25) is 0 Å². The van der Waals surface area contributed by atoms with Crippen LogP contribution in [0.3, 0.4) is 0 Å². The number of ether oxygens (including phenoxy) is 1. The highest BCUT2D eigenvalue weighted by Gasteiger charge is 2.67. The van der Waals surface area contributed by atoms with E-state index in [-0.39, 0.29) is 46.3 Å². The minimum atomic E-state index is -0.366. The molecular weight excluding hydrogens is 436 g/mol. The molecular formula is C30H50N2O3. The molecule has 1 heterocycles. The lowest BCUT2D eigenvalue weighted by Gasteiger charge is -2.56. The minimum Gasteiger partial charge on any atom is -0.480 e. The van der Waals surface area contributed by atoms with Crippen LogP contribution in [0.1, 0.15) is 87.0 Å². The predicted octanol–water partition coefficient (Wildman–Crippen LogP) is 5.52. The number of aliphatic hydroxyl groups is 1. The molecule has 0 radical (unpaired) electrons. The molecule has 0 amide bonds. The Balaban J connectivity index is 1.68. The van der Waals surface area contributed by atoms with Crippen molar-refractivity contribution in [3.05, 3.63) is 11.6 Å². The van der Waals surface area contributed by atoms with Crippen molar-refractivity contribution < 1.29 is 14.6 Å². The fraction of sp³-hybridized carbons (Fsp3) is 0.867. The van der Waals surface area contributed by atoms with E-state index in [1.807, 2.05) is 0 Å². The van der Waals surface area contributed by atoms with Crippen LogP contribution < -0.4 is 0 Å². The van der Waals surface area contributed by atoms with E-state index in [9.17, 15) is 9.90 Å². The molecule has 4 rings (SSSR count). The Bertz CT molecular complexity index is 894. The molecule has 2 fully saturated rings. The zero-order chi connectivity index (χ0) is 25.9. The van der Waals surface area contributed by atoms with Crippen molar-refractivity contribution in [3.63, 3.8) is 0 Å².